The van der Waals surface area contributed by atoms with Crippen LogP contribution in [0, 0.1) is 0 Å². The van der Waals surface area contributed by atoms with E-state index in [2.05, 4.69) is 24.0 Å². The zero-order chi connectivity index (χ0) is 21.3. The van der Waals surface area contributed by atoms with Gasteiger partial charge in [0.2, 0.25) is 0 Å². The molecule has 2 aromatic carbocycles. The maximum atomic E-state index is 12.4. The van der Waals surface area contributed by atoms with Crippen molar-refractivity contribution in [3.63, 3.8) is 0 Å². The van der Waals surface area contributed by atoms with Gasteiger partial charge in [0.25, 0.3) is 5.91 Å². The van der Waals surface area contributed by atoms with Gasteiger partial charge in [-0.05, 0) is 42.7 Å². The van der Waals surface area contributed by atoms with Gasteiger partial charge in [0.15, 0.2) is 4.80 Å². The van der Waals surface area contributed by atoms with Crippen molar-refractivity contribution >= 4 is 33.4 Å². The minimum absolute atomic E-state index is 0.0113. The van der Waals surface area contributed by atoms with Gasteiger partial charge in [0.1, 0.15) is 12.3 Å². The van der Waals surface area contributed by atoms with Gasteiger partial charge in [-0.25, -0.2) is 0 Å². The number of hydrogen-bond donors (Lipinski definition) is 0. The van der Waals surface area contributed by atoms with Gasteiger partial charge in [0, 0.05) is 0 Å². The van der Waals surface area contributed by atoms with Crippen molar-refractivity contribution in [1.29, 1.82) is 0 Å². The number of rotatable bonds is 9. The van der Waals surface area contributed by atoms with Gasteiger partial charge in [-0.2, -0.15) is 4.99 Å². The van der Waals surface area contributed by atoms with E-state index < -0.39 is 0 Å². The first-order chi connectivity index (χ1) is 14.6. The lowest BCUT2D eigenvalue weighted by atomic mass is 10.1. The van der Waals surface area contributed by atoms with E-state index in [9.17, 15) is 9.59 Å². The Balaban J connectivity index is 1.82. The summed E-state index contributed by atoms with van der Waals surface area (Å²) in [4.78, 5) is 29.1. The minimum atomic E-state index is -0.383. The molecule has 1 heterocycles. The number of amides is 1. The molecule has 158 valence electrons. The van der Waals surface area contributed by atoms with E-state index in [1.165, 1.54) is 24.0 Å². The number of methoxy groups -OCH3 is 1. The zero-order valence-electron chi connectivity index (χ0n) is 17.3. The van der Waals surface area contributed by atoms with Gasteiger partial charge in [-0.15, -0.1) is 0 Å². The molecule has 0 spiro atoms. The van der Waals surface area contributed by atoms with Gasteiger partial charge in [-0.3, -0.25) is 9.59 Å². The molecule has 6 nitrogen and oxygen atoms in total. The maximum Gasteiger partial charge on any atom is 0.325 e. The highest BCUT2D eigenvalue weighted by Gasteiger charge is 2.12. The van der Waals surface area contributed by atoms with Crippen LogP contribution in [0.15, 0.2) is 53.5 Å². The van der Waals surface area contributed by atoms with Gasteiger partial charge >= 0.3 is 5.97 Å². The predicted octanol–water partition coefficient (Wildman–Crippen LogP) is 4.11. The standard InChI is InChI=1S/C23H26N2O4S/c1-3-4-8-17-11-12-19-20(15-17)30-23(25(19)16-22(27)28-2)24-21(26)13-14-29-18-9-6-5-7-10-18/h5-7,9-12,15H,3-4,8,13-14,16H2,1-2H3. The minimum Gasteiger partial charge on any atom is -0.493 e. The van der Waals surface area contributed by atoms with Crippen LogP contribution in [0.3, 0.4) is 0 Å². The Morgan fingerprint density at radius 3 is 2.67 bits per heavy atom. The molecule has 0 bridgehead atoms. The number of ether oxygens (including phenoxy) is 2. The first kappa shape index (κ1) is 21.8. The Morgan fingerprint density at radius 2 is 1.93 bits per heavy atom. The lowest BCUT2D eigenvalue weighted by Crippen LogP contribution is -2.22. The number of para-hydroxylation sites is 1. The Kier molecular flexibility index (Phi) is 7.79. The van der Waals surface area contributed by atoms with Gasteiger partial charge < -0.3 is 14.0 Å². The number of thiazole rings is 1. The average molecular weight is 427 g/mol. The third-order valence-electron chi connectivity index (χ3n) is 4.63. The highest BCUT2D eigenvalue weighted by molar-refractivity contribution is 7.16. The summed E-state index contributed by atoms with van der Waals surface area (Å²) in [6.07, 6.45) is 3.41. The van der Waals surface area contributed by atoms with Crippen LogP contribution >= 0.6 is 11.3 Å². The van der Waals surface area contributed by atoms with Crippen molar-refractivity contribution in [2.75, 3.05) is 13.7 Å². The molecule has 0 aliphatic carbocycles. The molecule has 0 radical (unpaired) electrons. The number of fused-ring (bicyclic) bond motifs is 1. The topological polar surface area (TPSA) is 69.9 Å². The number of benzene rings is 2. The summed E-state index contributed by atoms with van der Waals surface area (Å²) in [6.45, 7) is 2.42. The Labute approximate surface area is 179 Å². The molecule has 0 fully saturated rings. The molecule has 0 aliphatic heterocycles. The average Bonchev–Trinajstić information content (AvgIpc) is 3.08. The summed E-state index contributed by atoms with van der Waals surface area (Å²) in [5.74, 6) is 0.0425. The number of carbonyl (C=O) groups is 2. The predicted molar refractivity (Wildman–Crippen MR) is 118 cm³/mol. The van der Waals surface area contributed by atoms with Crippen LogP contribution in [0.2, 0.25) is 0 Å². The monoisotopic (exact) mass is 426 g/mol. The molecule has 30 heavy (non-hydrogen) atoms. The Morgan fingerprint density at radius 1 is 1.13 bits per heavy atom. The van der Waals surface area contributed by atoms with Crippen LogP contribution in [0.5, 0.6) is 5.75 Å². The molecular formula is C23H26N2O4S. The molecular weight excluding hydrogens is 400 g/mol. The summed E-state index contributed by atoms with van der Waals surface area (Å²) in [7, 11) is 1.35. The third-order valence-corrected chi connectivity index (χ3v) is 5.67. The largest absolute Gasteiger partial charge is 0.493 e. The molecule has 0 atom stereocenters. The molecule has 7 heteroatoms. The lowest BCUT2D eigenvalue weighted by molar-refractivity contribution is -0.141. The van der Waals surface area contributed by atoms with Crippen molar-refractivity contribution in [3.05, 3.63) is 58.9 Å². The van der Waals surface area contributed by atoms with Crippen LogP contribution in [0.25, 0.3) is 10.2 Å². The van der Waals surface area contributed by atoms with Crippen LogP contribution in [0.1, 0.15) is 31.7 Å². The third kappa shape index (κ3) is 5.79. The SMILES string of the molecule is CCCCc1ccc2c(c1)sc(=NC(=O)CCOc1ccccc1)n2CC(=O)OC. The van der Waals surface area contributed by atoms with Crippen LogP contribution in [0.4, 0.5) is 0 Å². The zero-order valence-corrected chi connectivity index (χ0v) is 18.1. The molecule has 0 unspecified atom stereocenters. The van der Waals surface area contributed by atoms with E-state index in [-0.39, 0.29) is 31.4 Å². The molecule has 0 saturated heterocycles. The second-order valence-electron chi connectivity index (χ2n) is 6.87. The van der Waals surface area contributed by atoms with Crippen LogP contribution in [-0.4, -0.2) is 30.2 Å². The van der Waals surface area contributed by atoms with E-state index in [1.54, 1.807) is 4.57 Å². The Hall–Kier alpha value is -2.93. The van der Waals surface area contributed by atoms with Crippen molar-refractivity contribution in [3.8, 4) is 5.75 Å². The quantitative estimate of drug-likeness (QED) is 0.483. The summed E-state index contributed by atoms with van der Waals surface area (Å²) in [5, 5.41) is 0. The van der Waals surface area contributed by atoms with E-state index in [0.717, 1.165) is 29.5 Å². The molecule has 0 saturated carbocycles. The van der Waals surface area contributed by atoms with Crippen LogP contribution < -0.4 is 9.54 Å². The first-order valence-electron chi connectivity index (χ1n) is 10.0. The number of aromatic nitrogens is 1. The summed E-state index contributed by atoms with van der Waals surface area (Å²) in [6, 6.07) is 15.5. The van der Waals surface area contributed by atoms with Crippen molar-refractivity contribution in [1.82, 2.24) is 4.57 Å². The molecule has 0 aliphatic rings. The van der Waals surface area contributed by atoms with Gasteiger partial charge in [-0.1, -0.05) is 48.9 Å². The molecule has 3 rings (SSSR count). The fraction of sp³-hybridized carbons (Fsp3) is 0.348. The summed E-state index contributed by atoms with van der Waals surface area (Å²) in [5.41, 5.74) is 2.11. The summed E-state index contributed by atoms with van der Waals surface area (Å²) < 4.78 is 13.1. The second kappa shape index (κ2) is 10.7. The number of carbonyl (C=O) groups excluding carboxylic acids is 2. The number of esters is 1. The van der Waals surface area contributed by atoms with Crippen molar-refractivity contribution in [2.45, 2.75) is 39.2 Å². The van der Waals surface area contributed by atoms with E-state index in [4.69, 9.17) is 9.47 Å². The molecule has 1 aromatic heterocycles. The molecule has 3 aromatic rings. The fourth-order valence-corrected chi connectivity index (χ4v) is 4.13. The van der Waals surface area contributed by atoms with Crippen LogP contribution in [-0.2, 0) is 27.3 Å². The Bertz CT molecular complexity index is 1070. The van der Waals surface area contributed by atoms with Crippen molar-refractivity contribution in [2.24, 2.45) is 4.99 Å². The number of nitrogens with zero attached hydrogens (tertiary/aromatic N) is 2. The van der Waals surface area contributed by atoms with E-state index >= 15 is 0 Å². The number of unbranched alkanes of at least 4 members (excludes halogenated alkanes) is 1. The highest BCUT2D eigenvalue weighted by atomic mass is 32.1. The highest BCUT2D eigenvalue weighted by Crippen LogP contribution is 2.20. The van der Waals surface area contributed by atoms with E-state index in [0.29, 0.717) is 10.6 Å². The maximum absolute atomic E-state index is 12.4. The molecule has 0 N–H and O–H groups in total. The van der Waals surface area contributed by atoms with Gasteiger partial charge in [0.05, 0.1) is 30.4 Å². The first-order valence-corrected chi connectivity index (χ1v) is 10.9. The van der Waals surface area contributed by atoms with Crippen molar-refractivity contribution < 1.29 is 19.1 Å². The smallest absolute Gasteiger partial charge is 0.325 e. The number of aryl methyl sites for hydroxylation is 1. The second-order valence-corrected chi connectivity index (χ2v) is 7.88. The molecule has 1 amide bonds. The summed E-state index contributed by atoms with van der Waals surface area (Å²) >= 11 is 1.41. The number of hydrogen-bond acceptors (Lipinski definition) is 5. The lowest BCUT2D eigenvalue weighted by Gasteiger charge is -2.05. The normalized spacial score (nSPS) is 11.6. The fourth-order valence-electron chi connectivity index (χ4n) is 3.02. The van der Waals surface area contributed by atoms with E-state index in [1.807, 2.05) is 36.4 Å².